The van der Waals surface area contributed by atoms with Gasteiger partial charge in [0.25, 0.3) is 0 Å². The van der Waals surface area contributed by atoms with Crippen molar-refractivity contribution in [3.8, 4) is 0 Å². The van der Waals surface area contributed by atoms with Crippen LogP contribution in [0.25, 0.3) is 11.0 Å². The Bertz CT molecular complexity index is 816. The van der Waals surface area contributed by atoms with Crippen molar-refractivity contribution in [3.05, 3.63) is 47.5 Å². The van der Waals surface area contributed by atoms with E-state index in [0.717, 1.165) is 31.0 Å². The van der Waals surface area contributed by atoms with E-state index in [1.807, 2.05) is 6.20 Å². The first kappa shape index (κ1) is 14.5. The zero-order valence-corrected chi connectivity index (χ0v) is 13.8. The Morgan fingerprint density at radius 2 is 2.17 bits per heavy atom. The Morgan fingerprint density at radius 1 is 1.30 bits per heavy atom. The summed E-state index contributed by atoms with van der Waals surface area (Å²) in [7, 11) is 2.12. The number of aryl methyl sites for hydroxylation is 2. The first-order chi connectivity index (χ1) is 11.2. The summed E-state index contributed by atoms with van der Waals surface area (Å²) in [6, 6.07) is 8.35. The van der Waals surface area contributed by atoms with Crippen LogP contribution in [-0.4, -0.2) is 37.7 Å². The van der Waals surface area contributed by atoms with Crippen molar-refractivity contribution in [1.29, 1.82) is 0 Å². The van der Waals surface area contributed by atoms with Crippen LogP contribution in [0.15, 0.2) is 30.5 Å². The summed E-state index contributed by atoms with van der Waals surface area (Å²) in [5.41, 5.74) is 4.88. The van der Waals surface area contributed by atoms with E-state index < -0.39 is 0 Å². The van der Waals surface area contributed by atoms with E-state index in [0.29, 0.717) is 5.92 Å². The quantitative estimate of drug-likeness (QED) is 0.809. The molecule has 1 fully saturated rings. The molecule has 5 nitrogen and oxygen atoms in total. The maximum atomic E-state index is 4.81. The van der Waals surface area contributed by atoms with Crippen LogP contribution in [0, 0.1) is 6.92 Å². The lowest BCUT2D eigenvalue weighted by Gasteiger charge is -2.32. The number of hydrogen-bond donors (Lipinski definition) is 1. The number of benzene rings is 1. The van der Waals surface area contributed by atoms with Gasteiger partial charge in [0.15, 0.2) is 0 Å². The molecule has 0 amide bonds. The summed E-state index contributed by atoms with van der Waals surface area (Å²) in [6.07, 6.45) is 4.40. The minimum Gasteiger partial charge on any atom is -0.330 e. The van der Waals surface area contributed by atoms with Crippen molar-refractivity contribution in [2.24, 2.45) is 7.05 Å². The largest absolute Gasteiger partial charge is 0.330 e. The number of fused-ring (bicyclic) bond motifs is 1. The van der Waals surface area contributed by atoms with E-state index in [4.69, 9.17) is 4.98 Å². The van der Waals surface area contributed by atoms with Crippen molar-refractivity contribution in [2.45, 2.75) is 32.2 Å². The molecule has 0 bridgehead atoms. The standard InChI is InChI=1S/C18H23N5/c1-13-10-19-21-18(13)14-6-5-9-23(11-14)12-17-20-15-7-3-4-8-16(15)22(17)2/h3-4,7-8,10,14H,5-6,9,11-12H2,1-2H3,(H,19,21). The van der Waals surface area contributed by atoms with Crippen molar-refractivity contribution in [2.75, 3.05) is 13.1 Å². The van der Waals surface area contributed by atoms with E-state index >= 15 is 0 Å². The van der Waals surface area contributed by atoms with Gasteiger partial charge >= 0.3 is 0 Å². The summed E-state index contributed by atoms with van der Waals surface area (Å²) in [4.78, 5) is 7.34. The number of hydrogen-bond acceptors (Lipinski definition) is 3. The minimum atomic E-state index is 0.556. The molecule has 1 atom stereocenters. The number of aromatic nitrogens is 4. The van der Waals surface area contributed by atoms with Crippen LogP contribution in [-0.2, 0) is 13.6 Å². The normalized spacial score (nSPS) is 19.5. The van der Waals surface area contributed by atoms with Crippen LogP contribution in [0.4, 0.5) is 0 Å². The predicted molar refractivity (Wildman–Crippen MR) is 91.3 cm³/mol. The van der Waals surface area contributed by atoms with Crippen LogP contribution in [0.1, 0.15) is 35.8 Å². The molecular weight excluding hydrogens is 286 g/mol. The number of nitrogens with zero attached hydrogens (tertiary/aromatic N) is 4. The lowest BCUT2D eigenvalue weighted by molar-refractivity contribution is 0.192. The van der Waals surface area contributed by atoms with Crippen LogP contribution in [0.2, 0.25) is 0 Å². The number of rotatable bonds is 3. The minimum absolute atomic E-state index is 0.556. The highest BCUT2D eigenvalue weighted by atomic mass is 15.2. The molecule has 1 unspecified atom stereocenters. The maximum Gasteiger partial charge on any atom is 0.123 e. The third-order valence-corrected chi connectivity index (χ3v) is 5.03. The fourth-order valence-corrected chi connectivity index (χ4v) is 3.74. The monoisotopic (exact) mass is 309 g/mol. The second kappa shape index (κ2) is 5.81. The van der Waals surface area contributed by atoms with Crippen LogP contribution in [0.3, 0.4) is 0 Å². The molecule has 120 valence electrons. The molecule has 5 heteroatoms. The fourth-order valence-electron chi connectivity index (χ4n) is 3.74. The zero-order chi connectivity index (χ0) is 15.8. The highest BCUT2D eigenvalue weighted by Gasteiger charge is 2.24. The highest BCUT2D eigenvalue weighted by molar-refractivity contribution is 5.75. The average Bonchev–Trinajstić information content (AvgIpc) is 3.12. The van der Waals surface area contributed by atoms with Gasteiger partial charge in [-0.05, 0) is 44.0 Å². The fraction of sp³-hybridized carbons (Fsp3) is 0.444. The first-order valence-electron chi connectivity index (χ1n) is 8.35. The molecule has 0 aliphatic carbocycles. The lowest BCUT2D eigenvalue weighted by Crippen LogP contribution is -2.35. The van der Waals surface area contributed by atoms with Crippen LogP contribution < -0.4 is 0 Å². The molecule has 2 aromatic heterocycles. The molecular formula is C18H23N5. The third kappa shape index (κ3) is 2.65. The Balaban J connectivity index is 1.54. The van der Waals surface area contributed by atoms with Gasteiger partial charge in [0.2, 0.25) is 0 Å². The summed E-state index contributed by atoms with van der Waals surface area (Å²) < 4.78 is 2.22. The van der Waals surface area contributed by atoms with Gasteiger partial charge < -0.3 is 4.57 Å². The molecule has 1 aliphatic heterocycles. The van der Waals surface area contributed by atoms with Gasteiger partial charge in [0, 0.05) is 25.2 Å². The smallest absolute Gasteiger partial charge is 0.123 e. The molecule has 0 radical (unpaired) electrons. The molecule has 0 saturated carbocycles. The Kier molecular flexibility index (Phi) is 3.65. The van der Waals surface area contributed by atoms with Gasteiger partial charge in [0.05, 0.1) is 23.8 Å². The molecule has 0 spiro atoms. The molecule has 4 rings (SSSR count). The van der Waals surface area contributed by atoms with Crippen molar-refractivity contribution >= 4 is 11.0 Å². The molecule has 1 N–H and O–H groups in total. The molecule has 1 aromatic carbocycles. The Hall–Kier alpha value is -2.14. The van der Waals surface area contributed by atoms with Gasteiger partial charge in [-0.3, -0.25) is 10.00 Å². The lowest BCUT2D eigenvalue weighted by atomic mass is 9.93. The highest BCUT2D eigenvalue weighted by Crippen LogP contribution is 2.28. The van der Waals surface area contributed by atoms with E-state index in [9.17, 15) is 0 Å². The number of para-hydroxylation sites is 2. The molecule has 1 saturated heterocycles. The molecule has 23 heavy (non-hydrogen) atoms. The van der Waals surface area contributed by atoms with Gasteiger partial charge in [-0.25, -0.2) is 4.98 Å². The average molecular weight is 309 g/mol. The van der Waals surface area contributed by atoms with Crippen LogP contribution in [0.5, 0.6) is 0 Å². The number of likely N-dealkylation sites (tertiary alicyclic amines) is 1. The SMILES string of the molecule is Cc1cn[nH]c1C1CCCN(Cc2nc3ccccc3n2C)C1. The summed E-state index contributed by atoms with van der Waals surface area (Å²) in [5, 5.41) is 7.38. The number of piperidine rings is 1. The number of imidazole rings is 1. The number of H-pyrrole nitrogens is 1. The van der Waals surface area contributed by atoms with E-state index in [1.54, 1.807) is 0 Å². The van der Waals surface area contributed by atoms with Crippen molar-refractivity contribution < 1.29 is 0 Å². The van der Waals surface area contributed by atoms with Gasteiger partial charge in [0.1, 0.15) is 5.82 Å². The molecule has 1 aliphatic rings. The second-order valence-corrected chi connectivity index (χ2v) is 6.62. The predicted octanol–water partition coefficient (Wildman–Crippen LogP) is 2.98. The molecule has 3 aromatic rings. The Morgan fingerprint density at radius 3 is 2.96 bits per heavy atom. The summed E-state index contributed by atoms with van der Waals surface area (Å²) >= 11 is 0. The Labute approximate surface area is 136 Å². The number of nitrogens with one attached hydrogen (secondary N) is 1. The van der Waals surface area contributed by atoms with E-state index in [2.05, 4.69) is 57.9 Å². The first-order valence-corrected chi connectivity index (χ1v) is 8.35. The van der Waals surface area contributed by atoms with Crippen LogP contribution >= 0.6 is 0 Å². The molecule has 3 heterocycles. The van der Waals surface area contributed by atoms with Crippen molar-refractivity contribution in [1.82, 2.24) is 24.6 Å². The topological polar surface area (TPSA) is 49.7 Å². The van der Waals surface area contributed by atoms with E-state index in [-0.39, 0.29) is 0 Å². The second-order valence-electron chi connectivity index (χ2n) is 6.62. The van der Waals surface area contributed by atoms with Gasteiger partial charge in [-0.15, -0.1) is 0 Å². The van der Waals surface area contributed by atoms with Gasteiger partial charge in [-0.1, -0.05) is 12.1 Å². The van der Waals surface area contributed by atoms with Crippen molar-refractivity contribution in [3.63, 3.8) is 0 Å². The zero-order valence-electron chi connectivity index (χ0n) is 13.8. The summed E-state index contributed by atoms with van der Waals surface area (Å²) in [5.74, 6) is 1.70. The van der Waals surface area contributed by atoms with Gasteiger partial charge in [-0.2, -0.15) is 5.10 Å². The third-order valence-electron chi connectivity index (χ3n) is 5.03. The maximum absolute atomic E-state index is 4.81. The summed E-state index contributed by atoms with van der Waals surface area (Å²) in [6.45, 7) is 5.28. The number of aromatic amines is 1. The van der Waals surface area contributed by atoms with E-state index in [1.165, 1.54) is 29.6 Å².